The predicted molar refractivity (Wildman–Crippen MR) is 59.7 cm³/mol. The zero-order valence-electron chi connectivity index (χ0n) is 10.4. The van der Waals surface area contributed by atoms with Crippen molar-refractivity contribution in [3.63, 3.8) is 0 Å². The molecule has 6 heteroatoms. The number of aliphatic carboxylic acids is 1. The van der Waals surface area contributed by atoms with Gasteiger partial charge in [0.15, 0.2) is 0 Å². The van der Waals surface area contributed by atoms with Crippen LogP contribution in [0.5, 0.6) is 0 Å². The lowest BCUT2D eigenvalue weighted by Gasteiger charge is -2.37. The molecule has 6 nitrogen and oxygen atoms in total. The van der Waals surface area contributed by atoms with E-state index >= 15 is 0 Å². The Morgan fingerprint density at radius 1 is 1.53 bits per heavy atom. The number of ether oxygens (including phenoxy) is 2. The zero-order chi connectivity index (χ0) is 13.1. The van der Waals surface area contributed by atoms with Crippen molar-refractivity contribution in [3.8, 4) is 0 Å². The Hall–Kier alpha value is -1.30. The van der Waals surface area contributed by atoms with Crippen molar-refractivity contribution in [3.05, 3.63) is 0 Å². The Balaban J connectivity index is 2.70. The molecule has 1 aliphatic rings. The molecule has 0 bridgehead atoms. The summed E-state index contributed by atoms with van der Waals surface area (Å²) in [5.41, 5.74) is -0.353. The number of carboxylic acid groups (broad SMARTS) is 1. The van der Waals surface area contributed by atoms with Crippen molar-refractivity contribution in [2.45, 2.75) is 38.3 Å². The number of hydrogen-bond acceptors (Lipinski definition) is 4. The molecule has 1 saturated heterocycles. The van der Waals surface area contributed by atoms with Crippen LogP contribution in [0, 0.1) is 5.92 Å². The molecule has 0 aromatic rings. The van der Waals surface area contributed by atoms with Gasteiger partial charge in [-0.3, -0.25) is 0 Å². The van der Waals surface area contributed by atoms with E-state index < -0.39 is 18.1 Å². The number of rotatable bonds is 3. The van der Waals surface area contributed by atoms with Gasteiger partial charge in [0.05, 0.1) is 12.7 Å². The molecule has 0 radical (unpaired) electrons. The molecule has 0 unspecified atom stereocenters. The van der Waals surface area contributed by atoms with Crippen LogP contribution >= 0.6 is 0 Å². The lowest BCUT2D eigenvalue weighted by Crippen LogP contribution is -2.50. The van der Waals surface area contributed by atoms with E-state index in [1.165, 1.54) is 7.11 Å². The number of amides is 1. The summed E-state index contributed by atoms with van der Waals surface area (Å²) in [7, 11) is 1.21. The maximum absolute atomic E-state index is 11.2. The summed E-state index contributed by atoms with van der Waals surface area (Å²) in [5, 5.41) is 11.5. The molecule has 1 heterocycles. The summed E-state index contributed by atoms with van der Waals surface area (Å²) >= 11 is 0. The quantitative estimate of drug-likeness (QED) is 0.774. The van der Waals surface area contributed by atoms with Crippen LogP contribution in [0.3, 0.4) is 0 Å². The molecule has 0 aromatic carbocycles. The fourth-order valence-corrected chi connectivity index (χ4v) is 2.13. The Kier molecular flexibility index (Phi) is 4.34. The van der Waals surface area contributed by atoms with Gasteiger partial charge >= 0.3 is 12.1 Å². The first kappa shape index (κ1) is 13.8. The van der Waals surface area contributed by atoms with Gasteiger partial charge in [-0.05, 0) is 32.6 Å². The number of carbonyl (C=O) groups is 2. The molecule has 1 aliphatic heterocycles. The van der Waals surface area contributed by atoms with E-state index in [-0.39, 0.29) is 11.5 Å². The number of carbonyl (C=O) groups excluding carboxylic acids is 1. The SMILES string of the molecule is COC(=O)N[C@@H](C(=O)O)[C@H]1CCOC(C)(C)C1. The van der Waals surface area contributed by atoms with E-state index in [2.05, 4.69) is 10.1 Å². The Bertz CT molecular complexity index is 302. The highest BCUT2D eigenvalue weighted by atomic mass is 16.5. The van der Waals surface area contributed by atoms with Crippen LogP contribution in [-0.4, -0.2) is 42.5 Å². The number of nitrogens with one attached hydrogen (secondary N) is 1. The topological polar surface area (TPSA) is 84.9 Å². The van der Waals surface area contributed by atoms with Gasteiger partial charge in [0, 0.05) is 6.61 Å². The van der Waals surface area contributed by atoms with Crippen molar-refractivity contribution in [2.75, 3.05) is 13.7 Å². The van der Waals surface area contributed by atoms with Crippen molar-refractivity contribution < 1.29 is 24.2 Å². The van der Waals surface area contributed by atoms with Gasteiger partial charge in [-0.1, -0.05) is 0 Å². The standard InChI is InChI=1S/C11H19NO5/c1-11(2)6-7(4-5-17-11)8(9(13)14)12-10(15)16-3/h7-8H,4-6H2,1-3H3,(H,12,15)(H,13,14)/t7-,8+/m0/s1. The van der Waals surface area contributed by atoms with E-state index in [0.29, 0.717) is 19.4 Å². The van der Waals surface area contributed by atoms with Crippen molar-refractivity contribution in [1.82, 2.24) is 5.32 Å². The number of alkyl carbamates (subject to hydrolysis) is 1. The lowest BCUT2D eigenvalue weighted by molar-refractivity contribution is -0.144. The van der Waals surface area contributed by atoms with Gasteiger partial charge < -0.3 is 19.9 Å². The molecular weight excluding hydrogens is 226 g/mol. The molecule has 2 N–H and O–H groups in total. The lowest BCUT2D eigenvalue weighted by atomic mass is 9.83. The summed E-state index contributed by atoms with van der Waals surface area (Å²) in [6, 6.07) is -0.925. The minimum atomic E-state index is -1.04. The van der Waals surface area contributed by atoms with Crippen molar-refractivity contribution in [2.24, 2.45) is 5.92 Å². The first-order valence-electron chi connectivity index (χ1n) is 5.57. The number of methoxy groups -OCH3 is 1. The average Bonchev–Trinajstić information content (AvgIpc) is 2.23. The van der Waals surface area contributed by atoms with Crippen LogP contribution in [0.25, 0.3) is 0 Å². The van der Waals surface area contributed by atoms with Gasteiger partial charge in [-0.2, -0.15) is 0 Å². The summed E-state index contributed by atoms with van der Waals surface area (Å²) in [4.78, 5) is 22.3. The smallest absolute Gasteiger partial charge is 0.407 e. The highest BCUT2D eigenvalue weighted by Gasteiger charge is 2.37. The van der Waals surface area contributed by atoms with E-state index in [1.807, 2.05) is 13.8 Å². The Labute approximate surface area is 100 Å². The molecule has 1 fully saturated rings. The second-order valence-corrected chi connectivity index (χ2v) is 4.81. The van der Waals surface area contributed by atoms with Crippen molar-refractivity contribution in [1.29, 1.82) is 0 Å². The van der Waals surface area contributed by atoms with Gasteiger partial charge in [-0.25, -0.2) is 9.59 Å². The van der Waals surface area contributed by atoms with E-state index in [1.54, 1.807) is 0 Å². The van der Waals surface area contributed by atoms with E-state index in [4.69, 9.17) is 9.84 Å². The van der Waals surface area contributed by atoms with Crippen LogP contribution in [0.1, 0.15) is 26.7 Å². The summed E-state index contributed by atoms with van der Waals surface area (Å²) in [6.07, 6.45) is 0.486. The Morgan fingerprint density at radius 2 is 2.18 bits per heavy atom. The normalized spacial score (nSPS) is 24.8. The maximum Gasteiger partial charge on any atom is 0.407 e. The largest absolute Gasteiger partial charge is 0.480 e. The number of hydrogen-bond donors (Lipinski definition) is 2. The van der Waals surface area contributed by atoms with E-state index in [9.17, 15) is 9.59 Å². The maximum atomic E-state index is 11.2. The molecule has 0 aromatic heterocycles. The van der Waals surface area contributed by atoms with Crippen molar-refractivity contribution >= 4 is 12.1 Å². The molecule has 0 saturated carbocycles. The average molecular weight is 245 g/mol. The van der Waals surface area contributed by atoms with Crippen LogP contribution in [0.4, 0.5) is 4.79 Å². The molecular formula is C11H19NO5. The molecule has 1 amide bonds. The Morgan fingerprint density at radius 3 is 2.65 bits per heavy atom. The minimum absolute atomic E-state index is 0.143. The van der Waals surface area contributed by atoms with Crippen LogP contribution in [0.2, 0.25) is 0 Å². The fourth-order valence-electron chi connectivity index (χ4n) is 2.13. The van der Waals surface area contributed by atoms with Crippen LogP contribution in [-0.2, 0) is 14.3 Å². The molecule has 17 heavy (non-hydrogen) atoms. The first-order chi connectivity index (χ1) is 7.85. The first-order valence-corrected chi connectivity index (χ1v) is 5.57. The second kappa shape index (κ2) is 5.35. The highest BCUT2D eigenvalue weighted by molar-refractivity contribution is 5.80. The van der Waals surface area contributed by atoms with Gasteiger partial charge in [0.25, 0.3) is 0 Å². The van der Waals surface area contributed by atoms with Crippen LogP contribution in [0.15, 0.2) is 0 Å². The van der Waals surface area contributed by atoms with Gasteiger partial charge in [-0.15, -0.1) is 0 Å². The third kappa shape index (κ3) is 3.89. The molecule has 1 rings (SSSR count). The predicted octanol–water partition coefficient (Wildman–Crippen LogP) is 1.00. The monoisotopic (exact) mass is 245 g/mol. The molecule has 2 atom stereocenters. The highest BCUT2D eigenvalue weighted by Crippen LogP contribution is 2.30. The molecule has 0 spiro atoms. The molecule has 98 valence electrons. The van der Waals surface area contributed by atoms with Gasteiger partial charge in [0.1, 0.15) is 6.04 Å². The zero-order valence-corrected chi connectivity index (χ0v) is 10.4. The third-order valence-corrected chi connectivity index (χ3v) is 2.93. The fraction of sp³-hybridized carbons (Fsp3) is 0.818. The summed E-state index contributed by atoms with van der Waals surface area (Å²) < 4.78 is 9.95. The second-order valence-electron chi connectivity index (χ2n) is 4.81. The summed E-state index contributed by atoms with van der Waals surface area (Å²) in [6.45, 7) is 4.33. The van der Waals surface area contributed by atoms with Crippen LogP contribution < -0.4 is 5.32 Å². The summed E-state index contributed by atoms with van der Waals surface area (Å²) in [5.74, 6) is -1.19. The number of carboxylic acids is 1. The van der Waals surface area contributed by atoms with E-state index in [0.717, 1.165) is 0 Å². The minimum Gasteiger partial charge on any atom is -0.480 e. The third-order valence-electron chi connectivity index (χ3n) is 2.93. The van der Waals surface area contributed by atoms with Gasteiger partial charge in [0.2, 0.25) is 0 Å². The molecule has 0 aliphatic carbocycles.